The van der Waals surface area contributed by atoms with Gasteiger partial charge in [-0.3, -0.25) is 15.0 Å². The number of benzene rings is 1. The zero-order valence-corrected chi connectivity index (χ0v) is 16.0. The summed E-state index contributed by atoms with van der Waals surface area (Å²) < 4.78 is 1.77. The molecule has 28 heavy (non-hydrogen) atoms. The molecule has 8 nitrogen and oxygen atoms in total. The number of para-hydroxylation sites is 1. The molecule has 3 aromatic rings. The second-order valence-corrected chi connectivity index (χ2v) is 6.52. The quantitative estimate of drug-likeness (QED) is 0.390. The number of fused-ring (bicyclic) bond motifs is 1. The highest BCUT2D eigenvalue weighted by molar-refractivity contribution is 6.41. The maximum atomic E-state index is 12.7. The predicted octanol–water partition coefficient (Wildman–Crippen LogP) is 2.41. The maximum Gasteiger partial charge on any atom is 0.258 e. The smallest absolute Gasteiger partial charge is 0.258 e. The van der Waals surface area contributed by atoms with Crippen molar-refractivity contribution < 1.29 is 4.79 Å². The molecule has 0 fully saturated rings. The number of rotatable bonds is 6. The number of carbonyl (C=O) groups is 1. The number of anilines is 1. The van der Waals surface area contributed by atoms with Gasteiger partial charge in [-0.25, -0.2) is 0 Å². The Hall–Kier alpha value is -3.68. The minimum Gasteiger partial charge on any atom is -0.349 e. The van der Waals surface area contributed by atoms with Crippen LogP contribution in [0.25, 0.3) is 10.9 Å². The van der Waals surface area contributed by atoms with E-state index in [1.54, 1.807) is 30.9 Å². The first kappa shape index (κ1) is 19.1. The highest BCUT2D eigenvalue weighted by atomic mass is 16.2. The van der Waals surface area contributed by atoms with Crippen LogP contribution in [0.5, 0.6) is 0 Å². The standard InChI is InChI=1S/C20H22N6O2/c1-12-9-22-20(28)17-15(11-26(3)18(12)17)19(27)23-10-16(13(2)21)25-24-14-7-5-4-6-8-14/h4-9,11,21,24H,10H2,1-3H3,(H,22,28)(H,23,27)/b21-13?,25-16-. The van der Waals surface area contributed by atoms with Crippen LogP contribution in [0.1, 0.15) is 22.8 Å². The van der Waals surface area contributed by atoms with Crippen molar-refractivity contribution in [3.05, 3.63) is 64.2 Å². The summed E-state index contributed by atoms with van der Waals surface area (Å²) in [6.07, 6.45) is 3.27. The summed E-state index contributed by atoms with van der Waals surface area (Å²) in [6, 6.07) is 9.34. The zero-order chi connectivity index (χ0) is 20.3. The minimum absolute atomic E-state index is 0.0636. The predicted molar refractivity (Wildman–Crippen MR) is 112 cm³/mol. The number of amides is 1. The number of carbonyl (C=O) groups excluding carboxylic acids is 1. The molecule has 0 atom stereocenters. The van der Waals surface area contributed by atoms with E-state index in [1.807, 2.05) is 37.3 Å². The lowest BCUT2D eigenvalue weighted by Crippen LogP contribution is -2.33. The Bertz CT molecular complexity index is 1120. The number of pyridine rings is 1. The Labute approximate surface area is 161 Å². The molecule has 0 aliphatic heterocycles. The van der Waals surface area contributed by atoms with E-state index in [2.05, 4.69) is 20.8 Å². The molecule has 2 aromatic heterocycles. The summed E-state index contributed by atoms with van der Waals surface area (Å²) in [4.78, 5) is 27.6. The number of H-pyrrole nitrogens is 1. The molecule has 0 radical (unpaired) electrons. The number of nitrogens with zero attached hydrogens (tertiary/aromatic N) is 2. The Morgan fingerprint density at radius 2 is 2.00 bits per heavy atom. The van der Waals surface area contributed by atoms with Crippen molar-refractivity contribution in [2.45, 2.75) is 13.8 Å². The van der Waals surface area contributed by atoms with Crippen molar-refractivity contribution in [1.82, 2.24) is 14.9 Å². The van der Waals surface area contributed by atoms with Crippen molar-refractivity contribution in [2.24, 2.45) is 12.1 Å². The number of aryl methyl sites for hydroxylation is 2. The summed E-state index contributed by atoms with van der Waals surface area (Å²) >= 11 is 0. The minimum atomic E-state index is -0.393. The number of hydrogen-bond acceptors (Lipinski definition) is 5. The SMILES string of the molecule is CC(=N)/C(CNC(=O)c1cn(C)c2c(C)c[nH]c(=O)c12)=N\Nc1ccccc1. The molecule has 0 saturated carbocycles. The van der Waals surface area contributed by atoms with Gasteiger partial charge in [0.1, 0.15) is 5.71 Å². The van der Waals surface area contributed by atoms with E-state index in [0.717, 1.165) is 16.8 Å². The first-order valence-electron chi connectivity index (χ1n) is 8.77. The topological polar surface area (TPSA) is 115 Å². The monoisotopic (exact) mass is 378 g/mol. The lowest BCUT2D eigenvalue weighted by molar-refractivity contribution is 0.0961. The average Bonchev–Trinajstić information content (AvgIpc) is 3.04. The molecule has 1 aromatic carbocycles. The van der Waals surface area contributed by atoms with Crippen LogP contribution in [0, 0.1) is 12.3 Å². The molecule has 2 heterocycles. The third-order valence-corrected chi connectivity index (χ3v) is 4.39. The van der Waals surface area contributed by atoms with Crippen LogP contribution < -0.4 is 16.3 Å². The molecule has 3 rings (SSSR count). The summed E-state index contributed by atoms with van der Waals surface area (Å²) in [5.41, 5.74) is 5.86. The lowest BCUT2D eigenvalue weighted by atomic mass is 10.1. The Morgan fingerprint density at radius 1 is 1.29 bits per heavy atom. The van der Waals surface area contributed by atoms with Gasteiger partial charge in [-0.15, -0.1) is 0 Å². The van der Waals surface area contributed by atoms with Gasteiger partial charge < -0.3 is 20.3 Å². The van der Waals surface area contributed by atoms with Crippen molar-refractivity contribution in [3.63, 3.8) is 0 Å². The molecular weight excluding hydrogens is 356 g/mol. The molecule has 0 bridgehead atoms. The largest absolute Gasteiger partial charge is 0.349 e. The van der Waals surface area contributed by atoms with E-state index in [0.29, 0.717) is 16.7 Å². The van der Waals surface area contributed by atoms with Crippen LogP contribution in [0.15, 0.2) is 52.6 Å². The van der Waals surface area contributed by atoms with Crippen molar-refractivity contribution in [1.29, 1.82) is 5.41 Å². The van der Waals surface area contributed by atoms with Gasteiger partial charge in [0, 0.05) is 19.4 Å². The van der Waals surface area contributed by atoms with Crippen LogP contribution in [-0.4, -0.2) is 33.4 Å². The van der Waals surface area contributed by atoms with E-state index in [9.17, 15) is 9.59 Å². The third kappa shape index (κ3) is 3.85. The molecule has 0 aliphatic rings. The van der Waals surface area contributed by atoms with E-state index >= 15 is 0 Å². The fourth-order valence-electron chi connectivity index (χ4n) is 2.98. The molecule has 0 saturated heterocycles. The molecule has 0 unspecified atom stereocenters. The van der Waals surface area contributed by atoms with E-state index in [1.165, 1.54) is 0 Å². The number of nitrogens with one attached hydrogen (secondary N) is 4. The van der Waals surface area contributed by atoms with Crippen LogP contribution in [-0.2, 0) is 7.05 Å². The van der Waals surface area contributed by atoms with Gasteiger partial charge >= 0.3 is 0 Å². The van der Waals surface area contributed by atoms with Crippen molar-refractivity contribution in [2.75, 3.05) is 12.0 Å². The molecular formula is C20H22N6O2. The average molecular weight is 378 g/mol. The Morgan fingerprint density at radius 3 is 2.68 bits per heavy atom. The molecule has 0 aliphatic carbocycles. The summed E-state index contributed by atoms with van der Waals surface area (Å²) in [5, 5.41) is 15.2. The van der Waals surface area contributed by atoms with Crippen LogP contribution in [0.2, 0.25) is 0 Å². The highest BCUT2D eigenvalue weighted by Crippen LogP contribution is 2.19. The second-order valence-electron chi connectivity index (χ2n) is 6.52. The second kappa shape index (κ2) is 7.91. The zero-order valence-electron chi connectivity index (χ0n) is 16.0. The maximum absolute atomic E-state index is 12.7. The van der Waals surface area contributed by atoms with E-state index in [-0.39, 0.29) is 17.8 Å². The third-order valence-electron chi connectivity index (χ3n) is 4.39. The first-order valence-corrected chi connectivity index (χ1v) is 8.77. The van der Waals surface area contributed by atoms with Gasteiger partial charge in [0.15, 0.2) is 0 Å². The van der Waals surface area contributed by atoms with Gasteiger partial charge in [-0.2, -0.15) is 5.10 Å². The van der Waals surface area contributed by atoms with Gasteiger partial charge in [-0.05, 0) is 31.5 Å². The van der Waals surface area contributed by atoms with Crippen LogP contribution in [0.4, 0.5) is 5.69 Å². The normalized spacial score (nSPS) is 11.5. The highest BCUT2D eigenvalue weighted by Gasteiger charge is 2.18. The van der Waals surface area contributed by atoms with Crippen molar-refractivity contribution in [3.8, 4) is 0 Å². The molecule has 4 N–H and O–H groups in total. The number of aromatic amines is 1. The van der Waals surface area contributed by atoms with Crippen LogP contribution in [0.3, 0.4) is 0 Å². The van der Waals surface area contributed by atoms with Gasteiger partial charge in [-0.1, -0.05) is 18.2 Å². The molecule has 144 valence electrons. The van der Waals surface area contributed by atoms with Crippen molar-refractivity contribution >= 4 is 33.9 Å². The molecule has 0 spiro atoms. The lowest BCUT2D eigenvalue weighted by Gasteiger charge is -2.08. The fraction of sp³-hybridized carbons (Fsp3) is 0.200. The first-order chi connectivity index (χ1) is 13.4. The van der Waals surface area contributed by atoms with Crippen LogP contribution >= 0.6 is 0 Å². The summed E-state index contributed by atoms with van der Waals surface area (Å²) in [7, 11) is 1.80. The Kier molecular flexibility index (Phi) is 5.39. The van der Waals surface area contributed by atoms with Gasteiger partial charge in [0.25, 0.3) is 11.5 Å². The summed E-state index contributed by atoms with van der Waals surface area (Å²) in [6.45, 7) is 3.54. The molecule has 1 amide bonds. The van der Waals surface area contributed by atoms with E-state index in [4.69, 9.17) is 5.41 Å². The van der Waals surface area contributed by atoms with E-state index < -0.39 is 5.91 Å². The fourth-order valence-corrected chi connectivity index (χ4v) is 2.98. The van der Waals surface area contributed by atoms with Gasteiger partial charge in [0.2, 0.25) is 0 Å². The number of hydrazone groups is 1. The molecule has 8 heteroatoms. The Balaban J connectivity index is 1.81. The number of hydrogen-bond donors (Lipinski definition) is 4. The summed E-state index contributed by atoms with van der Waals surface area (Å²) in [5.74, 6) is -0.393. The van der Waals surface area contributed by atoms with Gasteiger partial charge in [0.05, 0.1) is 34.4 Å². The number of aromatic nitrogens is 2.